The number of ether oxygens (including phenoxy) is 10. The molecule has 2 rings (SSSR count). The molecule has 324 valence electrons. The van der Waals surface area contributed by atoms with Gasteiger partial charge < -0.3 is 52.7 Å². The molecule has 1 amide bonds. The third-order valence-corrected chi connectivity index (χ3v) is 8.74. The molecule has 1 N–H and O–H groups in total. The molecular weight excluding hydrogens is 758 g/mol. The molecule has 0 aromatic heterocycles. The average molecular weight is 818 g/mol. The van der Waals surface area contributed by atoms with E-state index in [0.717, 1.165) is 74.1 Å². The summed E-state index contributed by atoms with van der Waals surface area (Å²) in [6, 6.07) is 0. The Balaban J connectivity index is 2.53. The van der Waals surface area contributed by atoms with Crippen molar-refractivity contribution >= 4 is 47.7 Å². The molecule has 0 aromatic rings. The van der Waals surface area contributed by atoms with Gasteiger partial charge in [-0.1, -0.05) is 58.3 Å². The fraction of sp³-hybridized carbons (Fsp3) is 0.789. The topological polar surface area (TPSA) is 241 Å². The molecule has 0 unspecified atom stereocenters. The van der Waals surface area contributed by atoms with Crippen molar-refractivity contribution < 1.29 is 85.7 Å². The number of nitrogens with one attached hydrogen (secondary N) is 1. The minimum atomic E-state index is -1.81. The fourth-order valence-electron chi connectivity index (χ4n) is 6.46. The van der Waals surface area contributed by atoms with Gasteiger partial charge in [0.05, 0.1) is 0 Å². The summed E-state index contributed by atoms with van der Waals surface area (Å²) in [5.74, 6) is -6.40. The van der Waals surface area contributed by atoms with E-state index in [-0.39, 0.29) is 6.42 Å². The number of carbonyl (C=O) groups excluding carboxylic acids is 8. The molecule has 2 saturated heterocycles. The van der Waals surface area contributed by atoms with E-state index in [1.54, 1.807) is 0 Å². The first-order valence-corrected chi connectivity index (χ1v) is 19.3. The molecule has 10 atom stereocenters. The van der Waals surface area contributed by atoms with Crippen LogP contribution in [0.25, 0.3) is 0 Å². The third-order valence-electron chi connectivity index (χ3n) is 8.74. The smallest absolute Gasteiger partial charge is 0.303 e. The normalized spacial score (nSPS) is 26.9. The minimum absolute atomic E-state index is 0.0972. The highest BCUT2D eigenvalue weighted by atomic mass is 16.8. The number of hydrogen-bond donors (Lipinski definition) is 1. The average Bonchev–Trinajstić information content (AvgIpc) is 3.09. The van der Waals surface area contributed by atoms with Gasteiger partial charge in [-0.05, 0) is 6.42 Å². The molecule has 0 aliphatic carbocycles. The maximum absolute atomic E-state index is 13.2. The number of esters is 7. The molecule has 0 aromatic carbocycles. The van der Waals surface area contributed by atoms with E-state index < -0.39 is 122 Å². The molecule has 19 nitrogen and oxygen atoms in total. The largest absolute Gasteiger partial charge is 0.463 e. The molecular formula is C38H59NO18. The Labute approximate surface area is 332 Å². The molecule has 2 aliphatic rings. The van der Waals surface area contributed by atoms with Crippen LogP contribution in [0.3, 0.4) is 0 Å². The van der Waals surface area contributed by atoms with Crippen LogP contribution in [-0.2, 0) is 85.7 Å². The van der Waals surface area contributed by atoms with Crippen molar-refractivity contribution in [2.75, 3.05) is 13.2 Å². The zero-order valence-corrected chi connectivity index (χ0v) is 34.1. The highest BCUT2D eigenvalue weighted by molar-refractivity contribution is 5.76. The summed E-state index contributed by atoms with van der Waals surface area (Å²) >= 11 is 0. The van der Waals surface area contributed by atoms with Gasteiger partial charge in [0.1, 0.15) is 31.5 Å². The van der Waals surface area contributed by atoms with E-state index in [4.69, 9.17) is 47.4 Å². The number of amides is 1. The second-order valence-electron chi connectivity index (χ2n) is 13.9. The maximum atomic E-state index is 13.2. The number of rotatable bonds is 22. The van der Waals surface area contributed by atoms with Gasteiger partial charge in [-0.2, -0.15) is 0 Å². The third kappa shape index (κ3) is 17.8. The van der Waals surface area contributed by atoms with Crippen LogP contribution in [0.2, 0.25) is 0 Å². The van der Waals surface area contributed by atoms with Gasteiger partial charge in [0.25, 0.3) is 0 Å². The van der Waals surface area contributed by atoms with Crippen LogP contribution in [0, 0.1) is 0 Å². The molecule has 0 saturated carbocycles. The van der Waals surface area contributed by atoms with Crippen LogP contribution >= 0.6 is 0 Å². The Kier molecular flexibility index (Phi) is 21.5. The van der Waals surface area contributed by atoms with Gasteiger partial charge in [-0.3, -0.25) is 38.4 Å². The standard InChI is InChI=1S/C38H59NO18/c1-9-10-11-12-13-14-15-16-17-18-30(47)39-37-35(53-26(7)45)33(51-24(5)43)32(28(55-37)19-48-21(2)40)57-38-36(54-27(8)46)34(52-25(6)44)31(50-23(4)42)29(56-38)20-49-22(3)41/h28-29,31-38H,9-20H2,1-8H3,(H,39,47)/t28-,29-,31-,32-,33+,34+,35+,36+,37-,38+/m1/s1. The van der Waals surface area contributed by atoms with Crippen LogP contribution in [0.5, 0.6) is 0 Å². The predicted octanol–water partition coefficient (Wildman–Crippen LogP) is 2.64. The Bertz CT molecular complexity index is 1370. The Morgan fingerprint density at radius 2 is 0.860 bits per heavy atom. The number of unbranched alkanes of at least 4 members (excludes halogenated alkanes) is 8. The molecule has 2 heterocycles. The van der Waals surface area contributed by atoms with Crippen LogP contribution in [0.4, 0.5) is 0 Å². The molecule has 2 fully saturated rings. The van der Waals surface area contributed by atoms with E-state index in [1.165, 1.54) is 25.7 Å². The van der Waals surface area contributed by atoms with E-state index in [1.807, 2.05) is 0 Å². The summed E-state index contributed by atoms with van der Waals surface area (Å²) in [6.45, 7) is 8.50. The molecule has 0 bridgehead atoms. The van der Waals surface area contributed by atoms with Crippen molar-refractivity contribution in [3.63, 3.8) is 0 Å². The maximum Gasteiger partial charge on any atom is 0.303 e. The Morgan fingerprint density at radius 3 is 1.33 bits per heavy atom. The van der Waals surface area contributed by atoms with Crippen molar-refractivity contribution in [1.82, 2.24) is 5.32 Å². The first-order chi connectivity index (χ1) is 26.9. The van der Waals surface area contributed by atoms with Crippen LogP contribution < -0.4 is 5.32 Å². The zero-order chi connectivity index (χ0) is 42.7. The lowest BCUT2D eigenvalue weighted by Crippen LogP contribution is -2.68. The van der Waals surface area contributed by atoms with Gasteiger partial charge >= 0.3 is 41.8 Å². The van der Waals surface area contributed by atoms with Crippen LogP contribution in [0.15, 0.2) is 0 Å². The van der Waals surface area contributed by atoms with Crippen LogP contribution in [0.1, 0.15) is 120 Å². The number of carbonyl (C=O) groups is 8. The Hall–Kier alpha value is -4.36. The SMILES string of the molecule is CCCCCCCCCCCC(=O)N[C@@H]1O[C@H](COC(C)=O)[C@@H](O[C@@H]2O[C@H](COC(C)=O)[C@@H](OC(C)=O)[C@H](OC(C)=O)[C@@H]2OC(C)=O)[C@H](OC(C)=O)[C@@H]1OC(C)=O. The van der Waals surface area contributed by atoms with Crippen LogP contribution in [-0.4, -0.2) is 122 Å². The predicted molar refractivity (Wildman–Crippen MR) is 193 cm³/mol. The van der Waals surface area contributed by atoms with Gasteiger partial charge in [-0.25, -0.2) is 0 Å². The highest BCUT2D eigenvalue weighted by Crippen LogP contribution is 2.35. The second kappa shape index (κ2) is 25.1. The fourth-order valence-corrected chi connectivity index (χ4v) is 6.46. The van der Waals surface area contributed by atoms with Gasteiger partial charge in [0, 0.05) is 54.9 Å². The lowest BCUT2D eigenvalue weighted by atomic mass is 9.95. The summed E-state index contributed by atoms with van der Waals surface area (Å²) in [6.07, 6.45) is -6.42. The second-order valence-corrected chi connectivity index (χ2v) is 13.9. The molecule has 19 heteroatoms. The van der Waals surface area contributed by atoms with E-state index in [9.17, 15) is 38.4 Å². The summed E-state index contributed by atoms with van der Waals surface area (Å²) in [4.78, 5) is 99.2. The first kappa shape index (κ1) is 48.8. The highest BCUT2D eigenvalue weighted by Gasteiger charge is 2.57. The molecule has 2 aliphatic heterocycles. The first-order valence-electron chi connectivity index (χ1n) is 19.3. The van der Waals surface area contributed by atoms with Crippen molar-refractivity contribution in [1.29, 1.82) is 0 Å². The quantitative estimate of drug-likeness (QED) is 0.0938. The van der Waals surface area contributed by atoms with Crippen molar-refractivity contribution in [2.45, 2.75) is 181 Å². The van der Waals surface area contributed by atoms with E-state index in [0.29, 0.717) is 6.42 Å². The van der Waals surface area contributed by atoms with Crippen molar-refractivity contribution in [3.05, 3.63) is 0 Å². The summed E-state index contributed by atoms with van der Waals surface area (Å²) in [5.41, 5.74) is 0. The summed E-state index contributed by atoms with van der Waals surface area (Å²) in [5, 5.41) is 2.69. The van der Waals surface area contributed by atoms with Gasteiger partial charge in [0.15, 0.2) is 43.0 Å². The van der Waals surface area contributed by atoms with Crippen molar-refractivity contribution in [3.8, 4) is 0 Å². The zero-order valence-electron chi connectivity index (χ0n) is 34.1. The molecule has 0 spiro atoms. The monoisotopic (exact) mass is 817 g/mol. The Morgan fingerprint density at radius 1 is 0.456 bits per heavy atom. The minimum Gasteiger partial charge on any atom is -0.463 e. The molecule has 57 heavy (non-hydrogen) atoms. The van der Waals surface area contributed by atoms with Crippen molar-refractivity contribution in [2.24, 2.45) is 0 Å². The number of hydrogen-bond acceptors (Lipinski definition) is 18. The van der Waals surface area contributed by atoms with E-state index in [2.05, 4.69) is 12.2 Å². The van der Waals surface area contributed by atoms with E-state index >= 15 is 0 Å². The molecule has 0 radical (unpaired) electrons. The van der Waals surface area contributed by atoms with Gasteiger partial charge in [-0.15, -0.1) is 0 Å². The van der Waals surface area contributed by atoms with Gasteiger partial charge in [0.2, 0.25) is 5.91 Å². The lowest BCUT2D eigenvalue weighted by Gasteiger charge is -2.48. The summed E-state index contributed by atoms with van der Waals surface area (Å²) in [7, 11) is 0. The lowest BCUT2D eigenvalue weighted by molar-refractivity contribution is -0.345. The summed E-state index contributed by atoms with van der Waals surface area (Å²) < 4.78 is 56.6.